The van der Waals surface area contributed by atoms with Gasteiger partial charge in [-0.2, -0.15) is 0 Å². The number of amides is 1. The molecule has 0 bridgehead atoms. The first-order chi connectivity index (χ1) is 10.7. The van der Waals surface area contributed by atoms with Crippen LogP contribution in [-0.2, 0) is 17.9 Å². The molecule has 0 saturated carbocycles. The zero-order valence-corrected chi connectivity index (χ0v) is 12.9. The van der Waals surface area contributed by atoms with E-state index in [-0.39, 0.29) is 5.91 Å². The van der Waals surface area contributed by atoms with Crippen LogP contribution in [0, 0.1) is 0 Å². The van der Waals surface area contributed by atoms with Crippen LogP contribution in [0.25, 0.3) is 0 Å². The first-order valence-electron chi connectivity index (χ1n) is 7.38. The van der Waals surface area contributed by atoms with E-state index in [9.17, 15) is 4.79 Å². The van der Waals surface area contributed by atoms with Gasteiger partial charge < -0.3 is 19.2 Å². The van der Waals surface area contributed by atoms with E-state index in [2.05, 4.69) is 5.32 Å². The molecule has 0 aliphatic rings. The fraction of sp³-hybridized carbons (Fsp3) is 0.353. The van der Waals surface area contributed by atoms with Crippen molar-refractivity contribution in [2.24, 2.45) is 0 Å². The number of carbonyl (C=O) groups is 1. The summed E-state index contributed by atoms with van der Waals surface area (Å²) < 4.78 is 16.2. The number of furan rings is 1. The molecule has 0 aliphatic carbocycles. The van der Waals surface area contributed by atoms with Crippen LogP contribution in [0.15, 0.2) is 41.0 Å². The van der Waals surface area contributed by atoms with E-state index in [1.807, 2.05) is 19.9 Å². The van der Waals surface area contributed by atoms with E-state index in [0.717, 1.165) is 11.3 Å². The van der Waals surface area contributed by atoms with Crippen LogP contribution in [0.4, 0.5) is 0 Å². The van der Waals surface area contributed by atoms with E-state index < -0.39 is 0 Å². The molecule has 0 spiro atoms. The van der Waals surface area contributed by atoms with Gasteiger partial charge in [0.1, 0.15) is 11.5 Å². The van der Waals surface area contributed by atoms with E-state index in [1.54, 1.807) is 30.5 Å². The van der Waals surface area contributed by atoms with Gasteiger partial charge in [-0.3, -0.25) is 4.79 Å². The molecule has 0 aliphatic heterocycles. The van der Waals surface area contributed by atoms with Crippen molar-refractivity contribution in [2.75, 3.05) is 13.2 Å². The monoisotopic (exact) mass is 303 g/mol. The maximum absolute atomic E-state index is 12.2. The van der Waals surface area contributed by atoms with Crippen LogP contribution in [-0.4, -0.2) is 19.1 Å². The minimum atomic E-state index is -0.155. The predicted octanol–water partition coefficient (Wildman–Crippen LogP) is 3.14. The van der Waals surface area contributed by atoms with Gasteiger partial charge in [0.25, 0.3) is 5.91 Å². The van der Waals surface area contributed by atoms with Crippen molar-refractivity contribution in [1.29, 1.82) is 0 Å². The van der Waals surface area contributed by atoms with Gasteiger partial charge in [0, 0.05) is 17.7 Å². The summed E-state index contributed by atoms with van der Waals surface area (Å²) >= 11 is 0. The first-order valence-corrected chi connectivity index (χ1v) is 7.38. The van der Waals surface area contributed by atoms with Crippen molar-refractivity contribution < 1.29 is 18.7 Å². The summed E-state index contributed by atoms with van der Waals surface area (Å²) in [5, 5.41) is 2.82. The molecule has 5 nitrogen and oxygen atoms in total. The third-order valence-corrected chi connectivity index (χ3v) is 3.09. The van der Waals surface area contributed by atoms with E-state index in [0.29, 0.717) is 37.7 Å². The Morgan fingerprint density at radius 2 is 2.09 bits per heavy atom. The van der Waals surface area contributed by atoms with E-state index >= 15 is 0 Å². The molecule has 1 amide bonds. The van der Waals surface area contributed by atoms with Crippen molar-refractivity contribution >= 4 is 5.91 Å². The van der Waals surface area contributed by atoms with Crippen molar-refractivity contribution in [2.45, 2.75) is 27.0 Å². The van der Waals surface area contributed by atoms with Crippen molar-refractivity contribution in [3.63, 3.8) is 0 Å². The van der Waals surface area contributed by atoms with E-state index in [1.165, 1.54) is 0 Å². The Morgan fingerprint density at radius 1 is 1.23 bits per heavy atom. The smallest absolute Gasteiger partial charge is 0.251 e. The van der Waals surface area contributed by atoms with Gasteiger partial charge in [-0.15, -0.1) is 0 Å². The van der Waals surface area contributed by atoms with Crippen molar-refractivity contribution in [1.82, 2.24) is 5.32 Å². The Morgan fingerprint density at radius 3 is 2.77 bits per heavy atom. The summed E-state index contributed by atoms with van der Waals surface area (Å²) in [7, 11) is 0. The molecule has 118 valence electrons. The van der Waals surface area contributed by atoms with Crippen LogP contribution >= 0.6 is 0 Å². The normalized spacial score (nSPS) is 10.5. The van der Waals surface area contributed by atoms with Gasteiger partial charge in [0.15, 0.2) is 0 Å². The lowest BCUT2D eigenvalue weighted by Crippen LogP contribution is -2.22. The number of nitrogens with one attached hydrogen (secondary N) is 1. The van der Waals surface area contributed by atoms with Crippen LogP contribution in [0.1, 0.15) is 35.5 Å². The standard InChI is InChI=1S/C17H21NO4/c1-3-20-12-14-10-13(7-8-16(14)21-4-2)17(19)18-11-15-6-5-9-22-15/h5-10H,3-4,11-12H2,1-2H3,(H,18,19). The number of benzene rings is 1. The highest BCUT2D eigenvalue weighted by Crippen LogP contribution is 2.21. The zero-order chi connectivity index (χ0) is 15.8. The second-order valence-electron chi connectivity index (χ2n) is 4.65. The summed E-state index contributed by atoms with van der Waals surface area (Å²) in [5.41, 5.74) is 1.44. The summed E-state index contributed by atoms with van der Waals surface area (Å²) in [6, 6.07) is 8.97. The molecular weight excluding hydrogens is 282 g/mol. The minimum absolute atomic E-state index is 0.155. The summed E-state index contributed by atoms with van der Waals surface area (Å²) in [5.74, 6) is 1.31. The van der Waals surface area contributed by atoms with Gasteiger partial charge in [-0.05, 0) is 44.2 Å². The molecule has 1 N–H and O–H groups in total. The Labute approximate surface area is 130 Å². The predicted molar refractivity (Wildman–Crippen MR) is 82.8 cm³/mol. The maximum Gasteiger partial charge on any atom is 0.251 e. The van der Waals surface area contributed by atoms with Crippen LogP contribution in [0.2, 0.25) is 0 Å². The molecule has 0 saturated heterocycles. The molecule has 0 unspecified atom stereocenters. The minimum Gasteiger partial charge on any atom is -0.494 e. The Balaban J connectivity index is 2.07. The molecule has 1 aromatic heterocycles. The summed E-state index contributed by atoms with van der Waals surface area (Å²) in [6.45, 7) is 5.82. The second kappa shape index (κ2) is 8.24. The Bertz CT molecular complexity index is 593. The van der Waals surface area contributed by atoms with Crippen molar-refractivity contribution in [3.8, 4) is 5.75 Å². The molecule has 1 heterocycles. The topological polar surface area (TPSA) is 60.7 Å². The molecule has 0 fully saturated rings. The lowest BCUT2D eigenvalue weighted by atomic mass is 10.1. The van der Waals surface area contributed by atoms with Gasteiger partial charge in [-0.1, -0.05) is 0 Å². The largest absolute Gasteiger partial charge is 0.494 e. The lowest BCUT2D eigenvalue weighted by Gasteiger charge is -2.12. The third kappa shape index (κ3) is 4.36. The highest BCUT2D eigenvalue weighted by Gasteiger charge is 2.11. The third-order valence-electron chi connectivity index (χ3n) is 3.09. The number of hydrogen-bond acceptors (Lipinski definition) is 4. The SMILES string of the molecule is CCOCc1cc(C(=O)NCc2ccco2)ccc1OCC. The summed E-state index contributed by atoms with van der Waals surface area (Å²) in [6.07, 6.45) is 1.58. The molecular formula is C17H21NO4. The molecule has 22 heavy (non-hydrogen) atoms. The fourth-order valence-electron chi connectivity index (χ4n) is 2.02. The molecule has 0 atom stereocenters. The average molecular weight is 303 g/mol. The number of hydrogen-bond donors (Lipinski definition) is 1. The highest BCUT2D eigenvalue weighted by atomic mass is 16.5. The maximum atomic E-state index is 12.2. The van der Waals surface area contributed by atoms with Crippen LogP contribution in [0.3, 0.4) is 0 Å². The summed E-state index contributed by atoms with van der Waals surface area (Å²) in [4.78, 5) is 12.2. The molecule has 0 radical (unpaired) electrons. The van der Waals surface area contributed by atoms with Gasteiger partial charge in [-0.25, -0.2) is 0 Å². The molecule has 1 aromatic carbocycles. The van der Waals surface area contributed by atoms with Crippen LogP contribution < -0.4 is 10.1 Å². The van der Waals surface area contributed by atoms with Gasteiger partial charge in [0.2, 0.25) is 0 Å². The number of carbonyl (C=O) groups excluding carboxylic acids is 1. The lowest BCUT2D eigenvalue weighted by molar-refractivity contribution is 0.0947. The first kappa shape index (κ1) is 16.1. The average Bonchev–Trinajstić information content (AvgIpc) is 3.05. The number of rotatable bonds is 8. The quantitative estimate of drug-likeness (QED) is 0.814. The Kier molecular flexibility index (Phi) is 6.03. The van der Waals surface area contributed by atoms with Crippen molar-refractivity contribution in [3.05, 3.63) is 53.5 Å². The molecule has 2 rings (SSSR count). The number of ether oxygens (including phenoxy) is 2. The van der Waals surface area contributed by atoms with Crippen LogP contribution in [0.5, 0.6) is 5.75 Å². The highest BCUT2D eigenvalue weighted by molar-refractivity contribution is 5.94. The Hall–Kier alpha value is -2.27. The molecule has 2 aromatic rings. The zero-order valence-electron chi connectivity index (χ0n) is 12.9. The van der Waals surface area contributed by atoms with E-state index in [4.69, 9.17) is 13.9 Å². The second-order valence-corrected chi connectivity index (χ2v) is 4.65. The fourth-order valence-corrected chi connectivity index (χ4v) is 2.02. The molecule has 5 heteroatoms. The van der Waals surface area contributed by atoms with Gasteiger partial charge in [0.05, 0.1) is 26.0 Å². The van der Waals surface area contributed by atoms with Gasteiger partial charge >= 0.3 is 0 Å².